The summed E-state index contributed by atoms with van der Waals surface area (Å²) >= 11 is 0. The van der Waals surface area contributed by atoms with Crippen molar-refractivity contribution in [2.24, 2.45) is 0 Å². The van der Waals surface area contributed by atoms with Crippen LogP contribution in [0.25, 0.3) is 0 Å². The number of halogens is 1. The molecule has 1 atom stereocenters. The number of rotatable bonds is 3. The number of ketones is 1. The minimum atomic E-state index is -0.918. The van der Waals surface area contributed by atoms with E-state index in [9.17, 15) is 9.18 Å². The molecule has 4 heteroatoms. The second-order valence-corrected chi connectivity index (χ2v) is 4.18. The number of benzene rings is 1. The molecule has 0 amide bonds. The van der Waals surface area contributed by atoms with Crippen LogP contribution in [0.3, 0.4) is 0 Å². The number of aromatic nitrogens is 1. The molecule has 19 heavy (non-hydrogen) atoms. The highest BCUT2D eigenvalue weighted by molar-refractivity contribution is 6.02. The van der Waals surface area contributed by atoms with Gasteiger partial charge >= 0.3 is 0 Å². The Morgan fingerprint density at radius 2 is 2.21 bits per heavy atom. The maximum atomic E-state index is 13.2. The maximum Gasteiger partial charge on any atom is 0.184 e. The van der Waals surface area contributed by atoms with Gasteiger partial charge in [0.1, 0.15) is 11.7 Å². The molecule has 0 N–H and O–H groups in total. The molecule has 0 aliphatic heterocycles. The van der Waals surface area contributed by atoms with Gasteiger partial charge in [0.25, 0.3) is 0 Å². The molecule has 0 bridgehead atoms. The molecule has 2 aromatic rings. The highest BCUT2D eigenvalue weighted by Crippen LogP contribution is 2.21. The van der Waals surface area contributed by atoms with Gasteiger partial charge in [-0.25, -0.2) is 4.39 Å². The van der Waals surface area contributed by atoms with E-state index in [1.807, 2.05) is 6.07 Å². The molecule has 1 aromatic heterocycles. The molecule has 0 saturated heterocycles. The van der Waals surface area contributed by atoms with E-state index in [0.29, 0.717) is 16.7 Å². The predicted molar refractivity (Wildman–Crippen MR) is 68.1 cm³/mol. The van der Waals surface area contributed by atoms with Crippen molar-refractivity contribution in [1.82, 2.24) is 4.98 Å². The van der Waals surface area contributed by atoms with Crippen molar-refractivity contribution in [3.8, 4) is 6.07 Å². The minimum absolute atomic E-state index is 0.328. The molecule has 1 unspecified atom stereocenters. The maximum absolute atomic E-state index is 13.2. The lowest BCUT2D eigenvalue weighted by atomic mass is 9.92. The Hall–Kier alpha value is -2.54. The first kappa shape index (κ1) is 12.9. The zero-order valence-corrected chi connectivity index (χ0v) is 10.3. The molecule has 0 saturated carbocycles. The summed E-state index contributed by atoms with van der Waals surface area (Å²) in [5.74, 6) is -1.64. The summed E-state index contributed by atoms with van der Waals surface area (Å²) in [6, 6.07) is 9.40. The SMILES string of the molecule is Cc1cc(C(=O)C(C#N)c2cccnc2)ccc1F. The molecule has 94 valence electrons. The topological polar surface area (TPSA) is 53.8 Å². The summed E-state index contributed by atoms with van der Waals surface area (Å²) in [6.45, 7) is 1.58. The van der Waals surface area contributed by atoms with E-state index < -0.39 is 5.92 Å². The third-order valence-corrected chi connectivity index (χ3v) is 2.85. The molecule has 1 aromatic carbocycles. The summed E-state index contributed by atoms with van der Waals surface area (Å²) in [6.07, 6.45) is 3.06. The highest BCUT2D eigenvalue weighted by Gasteiger charge is 2.22. The van der Waals surface area contributed by atoms with Crippen molar-refractivity contribution >= 4 is 5.78 Å². The van der Waals surface area contributed by atoms with E-state index >= 15 is 0 Å². The van der Waals surface area contributed by atoms with Crippen LogP contribution >= 0.6 is 0 Å². The van der Waals surface area contributed by atoms with Gasteiger partial charge in [0.15, 0.2) is 5.78 Å². The van der Waals surface area contributed by atoms with Crippen LogP contribution < -0.4 is 0 Å². The van der Waals surface area contributed by atoms with Gasteiger partial charge in [-0.3, -0.25) is 9.78 Å². The Bertz CT molecular complexity index is 647. The van der Waals surface area contributed by atoms with Crippen molar-refractivity contribution in [2.45, 2.75) is 12.8 Å². The van der Waals surface area contributed by atoms with Crippen molar-refractivity contribution in [3.05, 3.63) is 65.2 Å². The van der Waals surface area contributed by atoms with E-state index in [4.69, 9.17) is 5.26 Å². The Labute approximate surface area is 110 Å². The molecule has 0 aliphatic rings. The molecule has 0 spiro atoms. The van der Waals surface area contributed by atoms with Crippen LogP contribution in [0.4, 0.5) is 4.39 Å². The van der Waals surface area contributed by atoms with Crippen molar-refractivity contribution < 1.29 is 9.18 Å². The number of carbonyl (C=O) groups excluding carboxylic acids is 1. The van der Waals surface area contributed by atoms with Crippen molar-refractivity contribution in [1.29, 1.82) is 5.26 Å². The predicted octanol–water partition coefficient (Wildman–Crippen LogP) is 3.02. The van der Waals surface area contributed by atoms with Crippen LogP contribution in [0.1, 0.15) is 27.4 Å². The summed E-state index contributed by atoms with van der Waals surface area (Å²) in [7, 11) is 0. The first-order valence-corrected chi connectivity index (χ1v) is 5.73. The normalized spacial score (nSPS) is 11.6. The first-order valence-electron chi connectivity index (χ1n) is 5.73. The van der Waals surface area contributed by atoms with Gasteiger partial charge < -0.3 is 0 Å². The van der Waals surface area contributed by atoms with Crippen molar-refractivity contribution in [2.75, 3.05) is 0 Å². The van der Waals surface area contributed by atoms with Gasteiger partial charge in [-0.1, -0.05) is 6.07 Å². The zero-order chi connectivity index (χ0) is 13.8. The van der Waals surface area contributed by atoms with Crippen LogP contribution in [0.5, 0.6) is 0 Å². The standard InChI is InChI=1S/C15H11FN2O/c1-10-7-11(4-5-14(10)16)15(19)13(8-17)12-3-2-6-18-9-12/h2-7,9,13H,1H3. The summed E-state index contributed by atoms with van der Waals surface area (Å²) in [5.41, 5.74) is 1.25. The number of nitrogens with zero attached hydrogens (tertiary/aromatic N) is 2. The molecular weight excluding hydrogens is 243 g/mol. The number of Topliss-reactive ketones (excluding diaryl/α,β-unsaturated/α-hetero) is 1. The Morgan fingerprint density at radius 1 is 1.42 bits per heavy atom. The molecule has 1 heterocycles. The second-order valence-electron chi connectivity index (χ2n) is 4.18. The molecule has 0 radical (unpaired) electrons. The van der Waals surface area contributed by atoms with E-state index in [1.165, 1.54) is 24.4 Å². The highest BCUT2D eigenvalue weighted by atomic mass is 19.1. The quantitative estimate of drug-likeness (QED) is 0.791. The van der Waals surface area contributed by atoms with Crippen LogP contribution in [-0.2, 0) is 0 Å². The molecule has 3 nitrogen and oxygen atoms in total. The largest absolute Gasteiger partial charge is 0.292 e. The number of carbonyl (C=O) groups is 1. The number of nitriles is 1. The number of hydrogen-bond donors (Lipinski definition) is 0. The third-order valence-electron chi connectivity index (χ3n) is 2.85. The third kappa shape index (κ3) is 2.66. The molecule has 0 aliphatic carbocycles. The fourth-order valence-corrected chi connectivity index (χ4v) is 1.80. The fourth-order valence-electron chi connectivity index (χ4n) is 1.80. The zero-order valence-electron chi connectivity index (χ0n) is 10.3. The average molecular weight is 254 g/mol. The van der Waals surface area contributed by atoms with Gasteiger partial charge in [0, 0.05) is 18.0 Å². The van der Waals surface area contributed by atoms with E-state index in [1.54, 1.807) is 25.3 Å². The number of hydrogen-bond acceptors (Lipinski definition) is 3. The number of aryl methyl sites for hydroxylation is 1. The van der Waals surface area contributed by atoms with Gasteiger partial charge in [-0.15, -0.1) is 0 Å². The van der Waals surface area contributed by atoms with Gasteiger partial charge in [0.05, 0.1) is 6.07 Å². The smallest absolute Gasteiger partial charge is 0.184 e. The molecule has 0 fully saturated rings. The molecular formula is C15H11FN2O. The van der Waals surface area contributed by atoms with Gasteiger partial charge in [0.2, 0.25) is 0 Å². The van der Waals surface area contributed by atoms with Crippen molar-refractivity contribution in [3.63, 3.8) is 0 Å². The summed E-state index contributed by atoms with van der Waals surface area (Å²) in [5, 5.41) is 9.16. The summed E-state index contributed by atoms with van der Waals surface area (Å²) < 4.78 is 13.2. The van der Waals surface area contributed by atoms with E-state index in [0.717, 1.165) is 0 Å². The average Bonchev–Trinajstić information content (AvgIpc) is 2.44. The number of pyridine rings is 1. The first-order chi connectivity index (χ1) is 9.13. The lowest BCUT2D eigenvalue weighted by Crippen LogP contribution is -2.11. The Balaban J connectivity index is 2.37. The van der Waals surface area contributed by atoms with E-state index in [-0.39, 0.29) is 11.6 Å². The fraction of sp³-hybridized carbons (Fsp3) is 0.133. The Morgan fingerprint density at radius 3 is 2.79 bits per heavy atom. The second kappa shape index (κ2) is 5.40. The monoisotopic (exact) mass is 254 g/mol. The van der Waals surface area contributed by atoms with Gasteiger partial charge in [-0.05, 0) is 42.3 Å². The lowest BCUT2D eigenvalue weighted by Gasteiger charge is -2.08. The van der Waals surface area contributed by atoms with E-state index in [2.05, 4.69) is 4.98 Å². The molecule has 2 rings (SSSR count). The van der Waals surface area contributed by atoms with Crippen LogP contribution in [0.15, 0.2) is 42.7 Å². The van der Waals surface area contributed by atoms with Crippen LogP contribution in [-0.4, -0.2) is 10.8 Å². The lowest BCUT2D eigenvalue weighted by molar-refractivity contribution is 0.0978. The Kier molecular flexibility index (Phi) is 3.67. The van der Waals surface area contributed by atoms with Gasteiger partial charge in [-0.2, -0.15) is 5.26 Å². The van der Waals surface area contributed by atoms with Crippen LogP contribution in [0, 0.1) is 24.1 Å². The minimum Gasteiger partial charge on any atom is -0.292 e. The summed E-state index contributed by atoms with van der Waals surface area (Å²) in [4.78, 5) is 16.2. The van der Waals surface area contributed by atoms with Crippen LogP contribution in [0.2, 0.25) is 0 Å².